The van der Waals surface area contributed by atoms with E-state index in [9.17, 15) is 10.1 Å². The van der Waals surface area contributed by atoms with E-state index in [1.54, 1.807) is 11.6 Å². The van der Waals surface area contributed by atoms with Crippen molar-refractivity contribution < 1.29 is 4.79 Å². The number of carbonyl (C=O) groups is 1. The quantitative estimate of drug-likeness (QED) is 0.808. The Balaban J connectivity index is 1.62. The molecule has 1 saturated carbocycles. The minimum absolute atomic E-state index is 0.164. The van der Waals surface area contributed by atoms with Crippen molar-refractivity contribution in [3.8, 4) is 11.8 Å². The van der Waals surface area contributed by atoms with E-state index in [1.807, 2.05) is 30.3 Å². The van der Waals surface area contributed by atoms with Gasteiger partial charge in [0.1, 0.15) is 5.54 Å². The molecule has 1 aromatic carbocycles. The molecule has 1 atom stereocenters. The summed E-state index contributed by atoms with van der Waals surface area (Å²) in [5.41, 5.74) is 0.0588. The van der Waals surface area contributed by atoms with Crippen LogP contribution in [0.4, 0.5) is 0 Å². The number of nitrogens with one attached hydrogen (secondary N) is 1. The Morgan fingerprint density at radius 2 is 2.22 bits per heavy atom. The summed E-state index contributed by atoms with van der Waals surface area (Å²) in [7, 11) is 0. The maximum Gasteiger partial charge on any atom is 0.231 e. The van der Waals surface area contributed by atoms with Crippen LogP contribution in [0.2, 0.25) is 0 Å². The predicted octanol–water partition coefficient (Wildman–Crippen LogP) is 1.56. The van der Waals surface area contributed by atoms with Gasteiger partial charge in [-0.3, -0.25) is 4.79 Å². The summed E-state index contributed by atoms with van der Waals surface area (Å²) in [6, 6.07) is 11.7. The van der Waals surface area contributed by atoms with Crippen LogP contribution in [-0.2, 0) is 4.79 Å². The minimum atomic E-state index is -0.775. The highest BCUT2D eigenvalue weighted by molar-refractivity contribution is 7.99. The number of aromatic nitrogens is 4. The summed E-state index contributed by atoms with van der Waals surface area (Å²) < 4.78 is 1.59. The Kier molecular flexibility index (Phi) is 4.30. The molecule has 3 rings (SSSR count). The second-order valence-electron chi connectivity index (χ2n) is 5.63. The zero-order chi connectivity index (χ0) is 16.3. The van der Waals surface area contributed by atoms with Crippen molar-refractivity contribution in [3.05, 3.63) is 30.3 Å². The lowest BCUT2D eigenvalue weighted by molar-refractivity contribution is -0.119. The first-order valence-electron chi connectivity index (χ1n) is 7.31. The van der Waals surface area contributed by atoms with Crippen molar-refractivity contribution in [3.63, 3.8) is 0 Å². The van der Waals surface area contributed by atoms with Crippen LogP contribution in [0.15, 0.2) is 35.5 Å². The van der Waals surface area contributed by atoms with E-state index in [1.165, 1.54) is 11.8 Å². The van der Waals surface area contributed by atoms with Gasteiger partial charge in [0.15, 0.2) is 0 Å². The number of nitriles is 1. The van der Waals surface area contributed by atoms with Crippen molar-refractivity contribution in [2.24, 2.45) is 5.92 Å². The zero-order valence-electron chi connectivity index (χ0n) is 12.6. The van der Waals surface area contributed by atoms with Gasteiger partial charge in [-0.2, -0.15) is 9.94 Å². The Labute approximate surface area is 138 Å². The standard InChI is InChI=1S/C15H16N6OS/c1-15(10-16,11-7-8-11)17-13(22)9-23-14-18-19-20-21(14)12-5-3-2-4-6-12/h2-6,11H,7-9H2,1H3,(H,17,22)/t15-/m1/s1. The number of hydrogen-bond acceptors (Lipinski definition) is 6. The maximum absolute atomic E-state index is 12.1. The Morgan fingerprint density at radius 1 is 1.48 bits per heavy atom. The van der Waals surface area contributed by atoms with Crippen LogP contribution in [0.1, 0.15) is 19.8 Å². The summed E-state index contributed by atoms with van der Waals surface area (Å²) in [5.74, 6) is 0.238. The Hall–Kier alpha value is -2.40. The van der Waals surface area contributed by atoms with E-state index in [2.05, 4.69) is 26.9 Å². The number of amides is 1. The number of para-hydroxylation sites is 1. The van der Waals surface area contributed by atoms with Gasteiger partial charge in [-0.25, -0.2) is 0 Å². The highest BCUT2D eigenvalue weighted by Gasteiger charge is 2.42. The van der Waals surface area contributed by atoms with Gasteiger partial charge < -0.3 is 5.32 Å². The van der Waals surface area contributed by atoms with Gasteiger partial charge in [-0.05, 0) is 48.2 Å². The van der Waals surface area contributed by atoms with E-state index in [0.717, 1.165) is 18.5 Å². The predicted molar refractivity (Wildman–Crippen MR) is 84.8 cm³/mol. The van der Waals surface area contributed by atoms with E-state index in [-0.39, 0.29) is 17.6 Å². The van der Waals surface area contributed by atoms with Gasteiger partial charge in [0, 0.05) is 0 Å². The normalized spacial score (nSPS) is 16.3. The molecule has 0 unspecified atom stereocenters. The molecule has 0 radical (unpaired) electrons. The molecule has 1 fully saturated rings. The van der Waals surface area contributed by atoms with Gasteiger partial charge in [0.25, 0.3) is 0 Å². The Bertz CT molecular complexity index is 736. The third kappa shape index (κ3) is 3.51. The summed E-state index contributed by atoms with van der Waals surface area (Å²) >= 11 is 1.25. The second kappa shape index (κ2) is 6.38. The third-order valence-corrected chi connectivity index (χ3v) is 4.72. The fourth-order valence-corrected chi connectivity index (χ4v) is 3.03. The van der Waals surface area contributed by atoms with Crippen molar-refractivity contribution in [2.45, 2.75) is 30.5 Å². The molecule has 1 aliphatic rings. The molecule has 1 heterocycles. The summed E-state index contributed by atoms with van der Waals surface area (Å²) in [5, 5.41) is 24.2. The number of carbonyl (C=O) groups excluding carboxylic acids is 1. The SMILES string of the molecule is C[C@](C#N)(NC(=O)CSc1nnnn1-c1ccccc1)C1CC1. The minimum Gasteiger partial charge on any atom is -0.337 e. The second-order valence-corrected chi connectivity index (χ2v) is 6.58. The van der Waals surface area contributed by atoms with Gasteiger partial charge in [0.2, 0.25) is 11.1 Å². The van der Waals surface area contributed by atoms with Crippen LogP contribution in [0.25, 0.3) is 5.69 Å². The number of nitrogens with zero attached hydrogens (tertiary/aromatic N) is 5. The van der Waals surface area contributed by atoms with Gasteiger partial charge in [0.05, 0.1) is 17.5 Å². The number of rotatable bonds is 6. The largest absolute Gasteiger partial charge is 0.337 e. The van der Waals surface area contributed by atoms with Crippen LogP contribution in [0.3, 0.4) is 0 Å². The zero-order valence-corrected chi connectivity index (χ0v) is 13.5. The number of benzene rings is 1. The van der Waals surface area contributed by atoms with Crippen LogP contribution >= 0.6 is 11.8 Å². The molecule has 0 spiro atoms. The highest BCUT2D eigenvalue weighted by Crippen LogP contribution is 2.39. The molecule has 0 bridgehead atoms. The summed E-state index contributed by atoms with van der Waals surface area (Å²) in [6.45, 7) is 1.78. The van der Waals surface area contributed by atoms with Crippen molar-refractivity contribution in [2.75, 3.05) is 5.75 Å². The Morgan fingerprint density at radius 3 is 2.87 bits per heavy atom. The first-order valence-corrected chi connectivity index (χ1v) is 8.30. The molecule has 0 saturated heterocycles. The smallest absolute Gasteiger partial charge is 0.231 e. The maximum atomic E-state index is 12.1. The highest BCUT2D eigenvalue weighted by atomic mass is 32.2. The molecule has 1 amide bonds. The lowest BCUT2D eigenvalue weighted by Crippen LogP contribution is -2.47. The third-order valence-electron chi connectivity index (χ3n) is 3.80. The fraction of sp³-hybridized carbons (Fsp3) is 0.400. The van der Waals surface area contributed by atoms with Crippen molar-refractivity contribution >= 4 is 17.7 Å². The van der Waals surface area contributed by atoms with E-state index >= 15 is 0 Å². The number of hydrogen-bond donors (Lipinski definition) is 1. The monoisotopic (exact) mass is 328 g/mol. The van der Waals surface area contributed by atoms with Crippen molar-refractivity contribution in [1.82, 2.24) is 25.5 Å². The summed E-state index contributed by atoms with van der Waals surface area (Å²) in [4.78, 5) is 12.1. The molecule has 118 valence electrons. The van der Waals surface area contributed by atoms with Crippen molar-refractivity contribution in [1.29, 1.82) is 5.26 Å². The molecule has 1 aromatic heterocycles. The fourth-order valence-electron chi connectivity index (χ4n) is 2.34. The molecular formula is C15H16N6OS. The van der Waals surface area contributed by atoms with Gasteiger partial charge in [-0.15, -0.1) is 5.10 Å². The van der Waals surface area contributed by atoms with E-state index in [4.69, 9.17) is 0 Å². The average molecular weight is 328 g/mol. The molecule has 1 aliphatic carbocycles. The van der Waals surface area contributed by atoms with E-state index < -0.39 is 5.54 Å². The van der Waals surface area contributed by atoms with Crippen LogP contribution in [0.5, 0.6) is 0 Å². The lowest BCUT2D eigenvalue weighted by atomic mass is 9.98. The van der Waals surface area contributed by atoms with Crippen LogP contribution in [0, 0.1) is 17.2 Å². The number of thioether (sulfide) groups is 1. The van der Waals surface area contributed by atoms with Gasteiger partial charge >= 0.3 is 0 Å². The molecule has 0 aliphatic heterocycles. The van der Waals surface area contributed by atoms with Crippen LogP contribution < -0.4 is 5.32 Å². The molecule has 2 aromatic rings. The number of tetrazole rings is 1. The molecular weight excluding hydrogens is 312 g/mol. The molecule has 7 nitrogen and oxygen atoms in total. The van der Waals surface area contributed by atoms with E-state index in [0.29, 0.717) is 5.16 Å². The van der Waals surface area contributed by atoms with Crippen LogP contribution in [-0.4, -0.2) is 37.4 Å². The molecule has 1 N–H and O–H groups in total. The lowest BCUT2D eigenvalue weighted by Gasteiger charge is -2.22. The average Bonchev–Trinajstić information content (AvgIpc) is 3.33. The first kappa shape index (κ1) is 15.5. The molecule has 8 heteroatoms. The summed E-state index contributed by atoms with van der Waals surface area (Å²) in [6.07, 6.45) is 1.98. The topological polar surface area (TPSA) is 96.5 Å². The van der Waals surface area contributed by atoms with Gasteiger partial charge in [-0.1, -0.05) is 30.0 Å². The molecule has 23 heavy (non-hydrogen) atoms. The first-order chi connectivity index (χ1) is 11.1.